The molecule has 6 heteroatoms. The molecule has 0 atom stereocenters. The van der Waals surface area contributed by atoms with Crippen molar-refractivity contribution in [1.29, 1.82) is 0 Å². The fraction of sp³-hybridized carbons (Fsp3) is 0.946. The molecule has 0 amide bonds. The van der Waals surface area contributed by atoms with Crippen LogP contribution in [0.5, 0.6) is 0 Å². The molecule has 4 N–H and O–H groups in total. The van der Waals surface area contributed by atoms with E-state index in [1.165, 1.54) is 180 Å². The summed E-state index contributed by atoms with van der Waals surface area (Å²) in [7, 11) is 0. The number of rotatable bonds is 32. The van der Waals surface area contributed by atoms with Gasteiger partial charge >= 0.3 is 0 Å². The minimum atomic E-state index is -1.23. The summed E-state index contributed by atoms with van der Waals surface area (Å²) in [6.07, 6.45) is 34.0. The van der Waals surface area contributed by atoms with Crippen molar-refractivity contribution < 1.29 is 30.4 Å². The highest BCUT2D eigenvalue weighted by Crippen LogP contribution is 2.06. The molecule has 0 unspecified atom stereocenters. The summed E-state index contributed by atoms with van der Waals surface area (Å²) in [5, 5.41) is 24.4. The van der Waals surface area contributed by atoms with Crippen molar-refractivity contribution in [2.75, 3.05) is 26.2 Å². The van der Waals surface area contributed by atoms with Crippen LogP contribution < -0.4 is 20.8 Å². The van der Waals surface area contributed by atoms with Gasteiger partial charge in [-0.15, -0.1) is 0 Å². The van der Waals surface area contributed by atoms with Crippen molar-refractivity contribution in [1.82, 2.24) is 0 Å². The molecule has 0 heterocycles. The second-order valence-electron chi connectivity index (χ2n) is 12.4. The first-order chi connectivity index (χ1) is 21.0. The third-order valence-corrected chi connectivity index (χ3v) is 7.81. The van der Waals surface area contributed by atoms with Crippen LogP contribution in [-0.4, -0.2) is 38.1 Å². The Kier molecular flexibility index (Phi) is 48.7. The molecule has 0 aliphatic heterocycles. The zero-order valence-corrected chi connectivity index (χ0v) is 29.7. The number of carboxylic acids is 2. The normalized spacial score (nSPS) is 10.5. The van der Waals surface area contributed by atoms with Crippen molar-refractivity contribution in [2.45, 2.75) is 201 Å². The Balaban J connectivity index is -0.000000586. The third-order valence-electron chi connectivity index (χ3n) is 7.81. The zero-order valence-electron chi connectivity index (χ0n) is 29.7. The summed E-state index contributed by atoms with van der Waals surface area (Å²) in [5.41, 5.74) is 0. The van der Waals surface area contributed by atoms with Gasteiger partial charge in [0.25, 0.3) is 0 Å². The summed E-state index contributed by atoms with van der Waals surface area (Å²) in [6.45, 7) is 14.6. The minimum absolute atomic E-state index is 0.0880. The number of carbonyl (C=O) groups is 2. The molecule has 0 aromatic heterocycles. The molecular weight excluding hydrogens is 536 g/mol. The quantitative estimate of drug-likeness (QED) is 0.0879. The number of unbranched alkanes of at least 4 members (excludes halogenated alkanes) is 20. The molecule has 0 rings (SSSR count). The van der Waals surface area contributed by atoms with Crippen molar-refractivity contribution >= 4 is 11.9 Å². The number of nitrogens with two attached hydrogens (primary N) is 2. The average molecular weight is 615 g/mol. The van der Waals surface area contributed by atoms with E-state index in [2.05, 4.69) is 38.3 Å². The van der Waals surface area contributed by atoms with E-state index in [9.17, 15) is 19.8 Å². The van der Waals surface area contributed by atoms with E-state index in [0.29, 0.717) is 0 Å². The second-order valence-corrected chi connectivity index (χ2v) is 12.4. The second kappa shape index (κ2) is 45.3. The summed E-state index contributed by atoms with van der Waals surface area (Å²) in [5.74, 6) is -2.45. The van der Waals surface area contributed by atoms with Gasteiger partial charge in [-0.05, 0) is 70.6 Å². The van der Waals surface area contributed by atoms with Crippen molar-refractivity contribution in [3.05, 3.63) is 0 Å². The number of aliphatic carboxylic acids is 2. The lowest BCUT2D eigenvalue weighted by Gasteiger charge is -2.02. The van der Waals surface area contributed by atoms with Gasteiger partial charge in [-0.2, -0.15) is 0 Å². The molecule has 0 radical (unpaired) electrons. The first kappa shape index (κ1) is 46.3. The Morgan fingerprint density at radius 2 is 0.558 bits per heavy atom. The smallest absolute Gasteiger partial charge is 0.0755 e. The average Bonchev–Trinajstić information content (AvgIpc) is 2.98. The van der Waals surface area contributed by atoms with Crippen LogP contribution in [0.1, 0.15) is 201 Å². The minimum Gasteiger partial charge on any atom is -0.550 e. The Morgan fingerprint density at radius 3 is 0.767 bits per heavy atom. The summed E-state index contributed by atoms with van der Waals surface area (Å²) in [6, 6.07) is 0. The van der Waals surface area contributed by atoms with Gasteiger partial charge in [-0.1, -0.05) is 130 Å². The van der Waals surface area contributed by atoms with Gasteiger partial charge in [0, 0.05) is 11.9 Å². The number of carboxylic acid groups (broad SMARTS) is 2. The van der Waals surface area contributed by atoms with Crippen molar-refractivity contribution in [2.24, 2.45) is 0 Å². The highest BCUT2D eigenvalue weighted by Gasteiger charge is 1.96. The van der Waals surface area contributed by atoms with Crippen LogP contribution in [0.3, 0.4) is 0 Å². The number of carbonyl (C=O) groups excluding carboxylic acids is 2. The van der Waals surface area contributed by atoms with E-state index in [1.54, 1.807) is 0 Å². The lowest BCUT2D eigenvalue weighted by atomic mass is 10.1. The monoisotopic (exact) mass is 615 g/mol. The Morgan fingerprint density at radius 1 is 0.349 bits per heavy atom. The van der Waals surface area contributed by atoms with E-state index in [1.807, 2.05) is 0 Å². The molecule has 0 bridgehead atoms. The van der Waals surface area contributed by atoms with Crippen LogP contribution in [0.4, 0.5) is 0 Å². The van der Waals surface area contributed by atoms with E-state index in [0.717, 1.165) is 0 Å². The molecular formula is C37H78N2O4. The standard InChI is InChI=1S/2C16H35N.C5H8O4/c2*1-3-5-7-9-11-13-15-17-16-14-12-10-8-6-4-2;6-4(7)2-1-3-5(8)9/h2*17H,3-16H2,1-2H3;1-3H2,(H,6,7)(H,8,9). The maximum absolute atomic E-state index is 9.66. The molecule has 6 nitrogen and oxygen atoms in total. The highest BCUT2D eigenvalue weighted by atomic mass is 16.4. The molecule has 0 saturated carbocycles. The van der Waals surface area contributed by atoms with E-state index in [4.69, 9.17) is 0 Å². The first-order valence-corrected chi connectivity index (χ1v) is 19.0. The fourth-order valence-electron chi connectivity index (χ4n) is 4.94. The van der Waals surface area contributed by atoms with E-state index >= 15 is 0 Å². The van der Waals surface area contributed by atoms with Crippen molar-refractivity contribution in [3.8, 4) is 0 Å². The molecule has 0 aliphatic rings. The van der Waals surface area contributed by atoms with Gasteiger partial charge in [0.05, 0.1) is 26.2 Å². The Hall–Kier alpha value is -1.14. The molecule has 0 aromatic rings. The van der Waals surface area contributed by atoms with E-state index in [-0.39, 0.29) is 19.3 Å². The summed E-state index contributed by atoms with van der Waals surface area (Å²) < 4.78 is 0. The van der Waals surface area contributed by atoms with Gasteiger partial charge < -0.3 is 30.4 Å². The van der Waals surface area contributed by atoms with Crippen LogP contribution >= 0.6 is 0 Å². The number of hydrogen-bond acceptors (Lipinski definition) is 4. The molecule has 260 valence electrons. The molecule has 0 aromatic carbocycles. The zero-order chi connectivity index (χ0) is 32.5. The lowest BCUT2D eigenvalue weighted by Crippen LogP contribution is -2.84. The molecule has 0 saturated heterocycles. The summed E-state index contributed by atoms with van der Waals surface area (Å²) in [4.78, 5) is 19.3. The van der Waals surface area contributed by atoms with Crippen LogP contribution in [-0.2, 0) is 9.59 Å². The molecule has 0 fully saturated rings. The van der Waals surface area contributed by atoms with Crippen molar-refractivity contribution in [3.63, 3.8) is 0 Å². The van der Waals surface area contributed by atoms with Gasteiger partial charge in [0.15, 0.2) is 0 Å². The molecule has 0 spiro atoms. The van der Waals surface area contributed by atoms with Crippen LogP contribution in [0, 0.1) is 0 Å². The molecule has 43 heavy (non-hydrogen) atoms. The van der Waals surface area contributed by atoms with Gasteiger partial charge in [0.2, 0.25) is 0 Å². The highest BCUT2D eigenvalue weighted by molar-refractivity contribution is 5.67. The maximum Gasteiger partial charge on any atom is 0.0755 e. The largest absolute Gasteiger partial charge is 0.550 e. The first-order valence-electron chi connectivity index (χ1n) is 19.0. The predicted octanol–water partition coefficient (Wildman–Crippen LogP) is 6.20. The number of hydrogen-bond donors (Lipinski definition) is 2. The Bertz CT molecular complexity index is 445. The molecule has 0 aliphatic carbocycles. The van der Waals surface area contributed by atoms with Crippen LogP contribution in [0.2, 0.25) is 0 Å². The maximum atomic E-state index is 9.66. The Labute approximate surface area is 269 Å². The fourth-order valence-corrected chi connectivity index (χ4v) is 4.94. The van der Waals surface area contributed by atoms with Crippen LogP contribution in [0.25, 0.3) is 0 Å². The SMILES string of the molecule is CCCCCCCC[NH2+]CCCCCCCC.CCCCCCCC[NH2+]CCCCCCCC.O=C([O-])CCCC(=O)[O-]. The van der Waals surface area contributed by atoms with Gasteiger partial charge in [0.1, 0.15) is 0 Å². The number of quaternary nitrogens is 2. The van der Waals surface area contributed by atoms with Crippen LogP contribution in [0.15, 0.2) is 0 Å². The lowest BCUT2D eigenvalue weighted by molar-refractivity contribution is -0.655. The summed E-state index contributed by atoms with van der Waals surface area (Å²) >= 11 is 0. The third kappa shape index (κ3) is 57.1. The topological polar surface area (TPSA) is 113 Å². The van der Waals surface area contributed by atoms with Gasteiger partial charge in [-0.25, -0.2) is 0 Å². The predicted molar refractivity (Wildman–Crippen MR) is 181 cm³/mol. The van der Waals surface area contributed by atoms with Gasteiger partial charge in [-0.3, -0.25) is 0 Å². The van der Waals surface area contributed by atoms with E-state index < -0.39 is 11.9 Å².